The highest BCUT2D eigenvalue weighted by Crippen LogP contribution is 2.26. The molecule has 126 valence electrons. The summed E-state index contributed by atoms with van der Waals surface area (Å²) in [4.78, 5) is 22.6. The van der Waals surface area contributed by atoms with Crippen LogP contribution in [0.15, 0.2) is 28.9 Å². The lowest BCUT2D eigenvalue weighted by molar-refractivity contribution is -0.132. The van der Waals surface area contributed by atoms with E-state index in [4.69, 9.17) is 10.5 Å². The second-order valence-corrected chi connectivity index (χ2v) is 6.59. The summed E-state index contributed by atoms with van der Waals surface area (Å²) in [5, 5.41) is 0. The fourth-order valence-electron chi connectivity index (χ4n) is 2.81. The molecule has 0 saturated carbocycles. The molecule has 7 heteroatoms. The molecule has 3 rings (SSSR count). The van der Waals surface area contributed by atoms with Crippen molar-refractivity contribution < 1.29 is 9.53 Å². The van der Waals surface area contributed by atoms with Crippen molar-refractivity contribution in [2.45, 2.75) is 25.8 Å². The number of nitrogen functional groups attached to an aromatic ring is 1. The van der Waals surface area contributed by atoms with Gasteiger partial charge in [-0.3, -0.25) is 4.79 Å². The molecule has 2 aromatic rings. The fraction of sp³-hybridized carbons (Fsp3) is 0.353. The number of amides is 1. The molecular formula is C17H19BrN4O2. The number of rotatable bonds is 4. The summed E-state index contributed by atoms with van der Waals surface area (Å²) >= 11 is 3.47. The van der Waals surface area contributed by atoms with Crippen molar-refractivity contribution in [3.8, 4) is 5.75 Å². The number of carbonyl (C=O) groups is 1. The van der Waals surface area contributed by atoms with Crippen LogP contribution in [0.5, 0.6) is 5.75 Å². The van der Waals surface area contributed by atoms with Crippen LogP contribution in [0.25, 0.3) is 0 Å². The van der Waals surface area contributed by atoms with Gasteiger partial charge in [0.1, 0.15) is 5.75 Å². The van der Waals surface area contributed by atoms with E-state index in [0.29, 0.717) is 25.9 Å². The van der Waals surface area contributed by atoms with E-state index in [0.717, 1.165) is 33.5 Å². The topological polar surface area (TPSA) is 81.3 Å². The number of halogens is 1. The van der Waals surface area contributed by atoms with Gasteiger partial charge in [0, 0.05) is 19.2 Å². The summed E-state index contributed by atoms with van der Waals surface area (Å²) in [7, 11) is 1.63. The normalized spacial score (nSPS) is 13.5. The minimum Gasteiger partial charge on any atom is -0.496 e. The highest BCUT2D eigenvalue weighted by molar-refractivity contribution is 9.10. The number of nitrogens with two attached hydrogens (primary N) is 1. The van der Waals surface area contributed by atoms with Crippen LogP contribution >= 0.6 is 15.9 Å². The second kappa shape index (κ2) is 7.17. The molecule has 1 aromatic carbocycles. The van der Waals surface area contributed by atoms with E-state index in [1.165, 1.54) is 0 Å². The summed E-state index contributed by atoms with van der Waals surface area (Å²) in [6.07, 6.45) is 3.69. The van der Waals surface area contributed by atoms with Crippen molar-refractivity contribution >= 4 is 27.8 Å². The Morgan fingerprint density at radius 1 is 1.46 bits per heavy atom. The molecule has 1 aromatic heterocycles. The van der Waals surface area contributed by atoms with Gasteiger partial charge in [0.2, 0.25) is 11.9 Å². The maximum Gasteiger partial charge on any atom is 0.223 e. The van der Waals surface area contributed by atoms with Gasteiger partial charge in [-0.25, -0.2) is 9.97 Å². The summed E-state index contributed by atoms with van der Waals surface area (Å²) in [5.41, 5.74) is 8.66. The molecular weight excluding hydrogens is 372 g/mol. The zero-order valence-electron chi connectivity index (χ0n) is 13.5. The number of benzene rings is 1. The third-order valence-corrected chi connectivity index (χ3v) is 4.78. The summed E-state index contributed by atoms with van der Waals surface area (Å²) in [5.74, 6) is 1.17. The Morgan fingerprint density at radius 3 is 3.04 bits per heavy atom. The van der Waals surface area contributed by atoms with Crippen molar-refractivity contribution in [1.82, 2.24) is 14.9 Å². The van der Waals surface area contributed by atoms with Crippen LogP contribution < -0.4 is 10.5 Å². The first-order valence-corrected chi connectivity index (χ1v) is 8.56. The Kier molecular flexibility index (Phi) is 4.99. The van der Waals surface area contributed by atoms with Crippen LogP contribution in [0.1, 0.15) is 23.2 Å². The number of fused-ring (bicyclic) bond motifs is 1. The van der Waals surface area contributed by atoms with Crippen LogP contribution in [0.2, 0.25) is 0 Å². The fourth-order valence-corrected chi connectivity index (χ4v) is 3.39. The third kappa shape index (κ3) is 3.67. The number of hydrogen-bond acceptors (Lipinski definition) is 5. The standard InChI is InChI=1S/C17H19BrN4O2/c1-24-15-4-2-11(8-13(15)18)3-5-16(23)22-7-6-12-9-20-17(19)21-14(12)10-22/h2,4,8-9H,3,5-7,10H2,1H3,(H2,19,20,21). The molecule has 24 heavy (non-hydrogen) atoms. The molecule has 6 nitrogen and oxygen atoms in total. The molecule has 0 atom stereocenters. The Labute approximate surface area is 149 Å². The van der Waals surface area contributed by atoms with Gasteiger partial charge in [-0.2, -0.15) is 0 Å². The molecule has 0 unspecified atom stereocenters. The molecule has 1 aliphatic heterocycles. The van der Waals surface area contributed by atoms with E-state index in [1.54, 1.807) is 13.3 Å². The minimum absolute atomic E-state index is 0.129. The van der Waals surface area contributed by atoms with E-state index in [-0.39, 0.29) is 11.9 Å². The predicted octanol–water partition coefficient (Wildman–Crippen LogP) is 2.35. The number of hydrogen-bond donors (Lipinski definition) is 1. The van der Waals surface area contributed by atoms with Crippen LogP contribution in [0, 0.1) is 0 Å². The van der Waals surface area contributed by atoms with Crippen molar-refractivity contribution in [2.75, 3.05) is 19.4 Å². The van der Waals surface area contributed by atoms with Gasteiger partial charge >= 0.3 is 0 Å². The molecule has 2 N–H and O–H groups in total. The Morgan fingerprint density at radius 2 is 2.29 bits per heavy atom. The SMILES string of the molecule is COc1ccc(CCC(=O)N2CCc3cnc(N)nc3C2)cc1Br. The smallest absolute Gasteiger partial charge is 0.223 e. The number of carbonyl (C=O) groups excluding carboxylic acids is 1. The van der Waals surface area contributed by atoms with Gasteiger partial charge in [-0.1, -0.05) is 6.07 Å². The molecule has 0 fully saturated rings. The monoisotopic (exact) mass is 390 g/mol. The number of methoxy groups -OCH3 is 1. The maximum atomic E-state index is 12.5. The summed E-state index contributed by atoms with van der Waals surface area (Å²) in [6.45, 7) is 1.21. The number of nitrogens with zero attached hydrogens (tertiary/aromatic N) is 3. The Bertz CT molecular complexity index is 766. The number of aromatic nitrogens is 2. The Balaban J connectivity index is 1.61. The van der Waals surface area contributed by atoms with Crippen LogP contribution in [-0.2, 0) is 24.2 Å². The van der Waals surface area contributed by atoms with Crippen molar-refractivity contribution in [3.05, 3.63) is 45.7 Å². The van der Waals surface area contributed by atoms with Gasteiger partial charge in [0.05, 0.1) is 23.8 Å². The van der Waals surface area contributed by atoms with E-state index in [9.17, 15) is 4.79 Å². The van der Waals surface area contributed by atoms with E-state index < -0.39 is 0 Å². The lowest BCUT2D eigenvalue weighted by atomic mass is 10.1. The number of ether oxygens (including phenoxy) is 1. The van der Waals surface area contributed by atoms with Gasteiger partial charge in [-0.05, 0) is 52.0 Å². The lowest BCUT2D eigenvalue weighted by Gasteiger charge is -2.28. The third-order valence-electron chi connectivity index (χ3n) is 4.16. The Hall–Kier alpha value is -2.15. The minimum atomic E-state index is 0.129. The molecule has 0 aliphatic carbocycles. The molecule has 1 aliphatic rings. The predicted molar refractivity (Wildman–Crippen MR) is 94.6 cm³/mol. The molecule has 0 bridgehead atoms. The largest absolute Gasteiger partial charge is 0.496 e. The molecule has 0 spiro atoms. The van der Waals surface area contributed by atoms with Crippen LogP contribution in [0.3, 0.4) is 0 Å². The van der Waals surface area contributed by atoms with E-state index in [2.05, 4.69) is 25.9 Å². The molecule has 0 radical (unpaired) electrons. The van der Waals surface area contributed by atoms with Crippen molar-refractivity contribution in [2.24, 2.45) is 0 Å². The zero-order valence-corrected chi connectivity index (χ0v) is 15.0. The van der Waals surface area contributed by atoms with Crippen molar-refractivity contribution in [1.29, 1.82) is 0 Å². The first kappa shape index (κ1) is 16.7. The van der Waals surface area contributed by atoms with E-state index >= 15 is 0 Å². The highest BCUT2D eigenvalue weighted by Gasteiger charge is 2.22. The maximum absolute atomic E-state index is 12.5. The second-order valence-electron chi connectivity index (χ2n) is 5.73. The lowest BCUT2D eigenvalue weighted by Crippen LogP contribution is -2.36. The average Bonchev–Trinajstić information content (AvgIpc) is 2.59. The quantitative estimate of drug-likeness (QED) is 0.866. The molecule has 1 amide bonds. The van der Waals surface area contributed by atoms with Crippen molar-refractivity contribution in [3.63, 3.8) is 0 Å². The number of aryl methyl sites for hydroxylation is 1. The number of anilines is 1. The average molecular weight is 391 g/mol. The molecule has 2 heterocycles. The van der Waals surface area contributed by atoms with Crippen LogP contribution in [-0.4, -0.2) is 34.4 Å². The highest BCUT2D eigenvalue weighted by atomic mass is 79.9. The summed E-state index contributed by atoms with van der Waals surface area (Å²) < 4.78 is 6.12. The van der Waals surface area contributed by atoms with Gasteiger partial charge in [0.15, 0.2) is 0 Å². The summed E-state index contributed by atoms with van der Waals surface area (Å²) in [6, 6.07) is 5.88. The first-order valence-electron chi connectivity index (χ1n) is 7.77. The van der Waals surface area contributed by atoms with Crippen LogP contribution in [0.4, 0.5) is 5.95 Å². The molecule has 0 saturated heterocycles. The van der Waals surface area contributed by atoms with Gasteiger partial charge < -0.3 is 15.4 Å². The van der Waals surface area contributed by atoms with Gasteiger partial charge in [0.25, 0.3) is 0 Å². The van der Waals surface area contributed by atoms with Gasteiger partial charge in [-0.15, -0.1) is 0 Å². The first-order chi connectivity index (χ1) is 11.6. The van der Waals surface area contributed by atoms with E-state index in [1.807, 2.05) is 23.1 Å². The zero-order chi connectivity index (χ0) is 17.1.